The van der Waals surface area contributed by atoms with E-state index in [9.17, 15) is 9.90 Å². The normalized spacial score (nSPS) is 10.9. The Balaban J connectivity index is 1.58. The molecule has 9 heteroatoms. The van der Waals surface area contributed by atoms with Gasteiger partial charge in [-0.15, -0.1) is 0 Å². The van der Waals surface area contributed by atoms with Crippen LogP contribution >= 0.6 is 47.0 Å². The van der Waals surface area contributed by atoms with Gasteiger partial charge in [-0.1, -0.05) is 34.8 Å². The SMILES string of the molecule is O=C(C=Cc1ccc(-c2ccc(Cl)cc2)o1)NC(=S)Nc1cc(Cl)c(O)c(Cl)c1. The molecule has 3 rings (SSSR count). The van der Waals surface area contributed by atoms with Gasteiger partial charge in [0.2, 0.25) is 5.91 Å². The summed E-state index contributed by atoms with van der Waals surface area (Å²) in [6.07, 6.45) is 2.81. The van der Waals surface area contributed by atoms with Crippen LogP contribution in [-0.4, -0.2) is 16.1 Å². The lowest BCUT2D eigenvalue weighted by atomic mass is 10.2. The number of halogens is 3. The highest BCUT2D eigenvalue weighted by Gasteiger charge is 2.09. The van der Waals surface area contributed by atoms with Crippen LogP contribution in [0.25, 0.3) is 17.4 Å². The van der Waals surface area contributed by atoms with Gasteiger partial charge < -0.3 is 14.8 Å². The number of benzene rings is 2. The van der Waals surface area contributed by atoms with Crippen molar-refractivity contribution in [2.75, 3.05) is 5.32 Å². The molecular weight excluding hydrogens is 455 g/mol. The van der Waals surface area contributed by atoms with Crippen LogP contribution in [0.2, 0.25) is 15.1 Å². The summed E-state index contributed by atoms with van der Waals surface area (Å²) in [5.41, 5.74) is 1.29. The Labute approximate surface area is 186 Å². The Morgan fingerprint density at radius 3 is 2.34 bits per heavy atom. The summed E-state index contributed by atoms with van der Waals surface area (Å²) < 4.78 is 5.69. The van der Waals surface area contributed by atoms with Crippen LogP contribution in [0.3, 0.4) is 0 Å². The summed E-state index contributed by atoms with van der Waals surface area (Å²) in [5, 5.41) is 15.6. The highest BCUT2D eigenvalue weighted by atomic mass is 35.5. The van der Waals surface area contributed by atoms with Crippen molar-refractivity contribution in [1.29, 1.82) is 0 Å². The van der Waals surface area contributed by atoms with Crippen molar-refractivity contribution in [2.45, 2.75) is 0 Å². The van der Waals surface area contributed by atoms with E-state index in [1.165, 1.54) is 24.3 Å². The minimum absolute atomic E-state index is 0.0405. The van der Waals surface area contributed by atoms with Crippen molar-refractivity contribution in [3.63, 3.8) is 0 Å². The third-order valence-electron chi connectivity index (χ3n) is 3.67. The molecule has 1 amide bonds. The molecule has 148 valence electrons. The maximum atomic E-state index is 12.0. The third-order valence-corrected chi connectivity index (χ3v) is 4.70. The number of hydrogen-bond acceptors (Lipinski definition) is 4. The quantitative estimate of drug-likeness (QED) is 0.244. The van der Waals surface area contributed by atoms with Gasteiger partial charge in [-0.25, -0.2) is 0 Å². The third kappa shape index (κ3) is 5.74. The molecule has 0 spiro atoms. The minimum Gasteiger partial charge on any atom is -0.505 e. The summed E-state index contributed by atoms with van der Waals surface area (Å²) in [6, 6.07) is 13.6. The fourth-order valence-corrected chi connectivity index (χ4v) is 3.15. The van der Waals surface area contributed by atoms with Crippen LogP contribution in [-0.2, 0) is 4.79 Å². The molecule has 0 aliphatic heterocycles. The molecule has 0 saturated heterocycles. The molecule has 1 heterocycles. The number of thiocarbonyl (C=S) groups is 1. The number of hydrogen-bond donors (Lipinski definition) is 3. The maximum absolute atomic E-state index is 12.0. The monoisotopic (exact) mass is 466 g/mol. The topological polar surface area (TPSA) is 74.5 Å². The predicted molar refractivity (Wildman–Crippen MR) is 121 cm³/mol. The second-order valence-electron chi connectivity index (χ2n) is 5.77. The van der Waals surface area contributed by atoms with E-state index in [-0.39, 0.29) is 20.9 Å². The first-order chi connectivity index (χ1) is 13.8. The first-order valence-electron chi connectivity index (χ1n) is 8.15. The second-order valence-corrected chi connectivity index (χ2v) is 7.43. The Kier molecular flexibility index (Phi) is 6.82. The standard InChI is InChI=1S/C20H13Cl3N2O3S/c21-12-3-1-11(2-4-12)17-7-5-14(28-17)6-8-18(26)25-20(29)24-13-9-15(22)19(27)16(23)10-13/h1-10,27H,(H2,24,25,26,29). The molecule has 1 aromatic heterocycles. The first kappa shape index (κ1) is 21.2. The summed E-state index contributed by atoms with van der Waals surface area (Å²) in [4.78, 5) is 12.0. The van der Waals surface area contributed by atoms with Gasteiger partial charge in [0.25, 0.3) is 0 Å². The molecule has 3 N–H and O–H groups in total. The number of anilines is 1. The van der Waals surface area contributed by atoms with Crippen molar-refractivity contribution < 1.29 is 14.3 Å². The van der Waals surface area contributed by atoms with Gasteiger partial charge in [-0.3, -0.25) is 10.1 Å². The van der Waals surface area contributed by atoms with Gasteiger partial charge >= 0.3 is 0 Å². The highest BCUT2D eigenvalue weighted by Crippen LogP contribution is 2.34. The van der Waals surface area contributed by atoms with Gasteiger partial charge in [0.15, 0.2) is 10.9 Å². The lowest BCUT2D eigenvalue weighted by Crippen LogP contribution is -2.32. The summed E-state index contributed by atoms with van der Waals surface area (Å²) in [7, 11) is 0. The fraction of sp³-hybridized carbons (Fsp3) is 0. The van der Waals surface area contributed by atoms with Crippen LogP contribution in [0.4, 0.5) is 5.69 Å². The number of phenolic OH excluding ortho intramolecular Hbond substituents is 1. The number of carbonyl (C=O) groups excluding carboxylic acids is 1. The molecule has 0 saturated carbocycles. The molecule has 2 aromatic carbocycles. The zero-order valence-corrected chi connectivity index (χ0v) is 17.7. The predicted octanol–water partition coefficient (Wildman–Crippen LogP) is 6.14. The van der Waals surface area contributed by atoms with Crippen LogP contribution in [0.5, 0.6) is 5.75 Å². The van der Waals surface area contributed by atoms with Crippen molar-refractivity contribution in [2.24, 2.45) is 0 Å². The van der Waals surface area contributed by atoms with E-state index in [1.807, 2.05) is 12.1 Å². The van der Waals surface area contributed by atoms with Crippen LogP contribution in [0, 0.1) is 0 Å². The average molecular weight is 468 g/mol. The average Bonchev–Trinajstić information content (AvgIpc) is 3.14. The number of furan rings is 1. The zero-order chi connectivity index (χ0) is 21.0. The Hall–Kier alpha value is -2.51. The number of rotatable bonds is 4. The van der Waals surface area contributed by atoms with Gasteiger partial charge in [-0.2, -0.15) is 0 Å². The van der Waals surface area contributed by atoms with Gasteiger partial charge in [0, 0.05) is 22.3 Å². The van der Waals surface area contributed by atoms with E-state index >= 15 is 0 Å². The molecule has 0 aliphatic rings. The molecule has 0 fully saturated rings. The van der Waals surface area contributed by atoms with Crippen molar-refractivity contribution in [3.05, 3.63) is 75.4 Å². The molecular formula is C20H13Cl3N2O3S. The summed E-state index contributed by atoms with van der Waals surface area (Å²) in [5.74, 6) is 0.470. The second kappa shape index (κ2) is 9.33. The van der Waals surface area contributed by atoms with E-state index in [2.05, 4.69) is 10.6 Å². The smallest absolute Gasteiger partial charge is 0.250 e. The van der Waals surface area contributed by atoms with E-state index in [4.69, 9.17) is 51.4 Å². The summed E-state index contributed by atoms with van der Waals surface area (Å²) >= 11 is 22.7. The van der Waals surface area contributed by atoms with Crippen molar-refractivity contribution >= 4 is 69.8 Å². The van der Waals surface area contributed by atoms with E-state index < -0.39 is 5.91 Å². The minimum atomic E-state index is -0.456. The zero-order valence-electron chi connectivity index (χ0n) is 14.6. The Morgan fingerprint density at radius 1 is 1.03 bits per heavy atom. The molecule has 29 heavy (non-hydrogen) atoms. The molecule has 0 atom stereocenters. The largest absolute Gasteiger partial charge is 0.505 e. The van der Waals surface area contributed by atoms with Crippen LogP contribution in [0.1, 0.15) is 5.76 Å². The number of amides is 1. The van der Waals surface area contributed by atoms with Gasteiger partial charge in [0.1, 0.15) is 11.5 Å². The van der Waals surface area contributed by atoms with Crippen molar-refractivity contribution in [3.8, 4) is 17.1 Å². The molecule has 5 nitrogen and oxygen atoms in total. The molecule has 0 aliphatic carbocycles. The van der Waals surface area contributed by atoms with Gasteiger partial charge in [-0.05, 0) is 66.8 Å². The van der Waals surface area contributed by atoms with Crippen molar-refractivity contribution in [1.82, 2.24) is 5.32 Å². The molecule has 0 unspecified atom stereocenters. The van der Waals surface area contributed by atoms with Crippen LogP contribution < -0.4 is 10.6 Å². The van der Waals surface area contributed by atoms with E-state index in [1.54, 1.807) is 24.3 Å². The number of aromatic hydroxyl groups is 1. The Morgan fingerprint density at radius 2 is 1.69 bits per heavy atom. The first-order valence-corrected chi connectivity index (χ1v) is 9.70. The summed E-state index contributed by atoms with van der Waals surface area (Å²) in [6.45, 7) is 0. The molecule has 0 radical (unpaired) electrons. The van der Waals surface area contributed by atoms with E-state index in [0.717, 1.165) is 5.56 Å². The fourth-order valence-electron chi connectivity index (χ4n) is 2.32. The van der Waals surface area contributed by atoms with Crippen LogP contribution in [0.15, 0.2) is 59.0 Å². The molecule has 3 aromatic rings. The number of nitrogens with one attached hydrogen (secondary N) is 2. The van der Waals surface area contributed by atoms with Gasteiger partial charge in [0.05, 0.1) is 10.0 Å². The van der Waals surface area contributed by atoms with E-state index in [0.29, 0.717) is 22.2 Å². The lowest BCUT2D eigenvalue weighted by Gasteiger charge is -2.10. The lowest BCUT2D eigenvalue weighted by molar-refractivity contribution is -0.115. The molecule has 0 bridgehead atoms. The number of carbonyl (C=O) groups is 1. The highest BCUT2D eigenvalue weighted by molar-refractivity contribution is 7.80. The Bertz CT molecular complexity index is 1070. The maximum Gasteiger partial charge on any atom is 0.250 e. The number of phenols is 1.